The van der Waals surface area contributed by atoms with E-state index in [1.165, 1.54) is 0 Å². The molecule has 3 rings (SSSR count). The number of ether oxygens (including phenoxy) is 1. The van der Waals surface area contributed by atoms with Crippen LogP contribution in [0.4, 0.5) is 0 Å². The van der Waals surface area contributed by atoms with E-state index in [4.69, 9.17) is 10.5 Å². The van der Waals surface area contributed by atoms with Crippen molar-refractivity contribution in [1.82, 2.24) is 4.90 Å². The summed E-state index contributed by atoms with van der Waals surface area (Å²) in [5, 5.41) is 0. The van der Waals surface area contributed by atoms with E-state index >= 15 is 0 Å². The molecule has 2 N–H and O–H groups in total. The van der Waals surface area contributed by atoms with Crippen LogP contribution in [0.2, 0.25) is 0 Å². The second kappa shape index (κ2) is 7.96. The Morgan fingerprint density at radius 1 is 1.23 bits per heavy atom. The average Bonchev–Trinajstić information content (AvgIpc) is 3.18. The molecule has 6 nitrogen and oxygen atoms in total. The topological polar surface area (TPSA) is 89.7 Å². The van der Waals surface area contributed by atoms with Gasteiger partial charge in [0.2, 0.25) is 5.91 Å². The van der Waals surface area contributed by atoms with Gasteiger partial charge in [0.05, 0.1) is 18.6 Å². The molecular weight excluding hydrogens is 352 g/mol. The van der Waals surface area contributed by atoms with Crippen LogP contribution < -0.4 is 10.5 Å². The maximum absolute atomic E-state index is 13.0. The second-order valence-corrected chi connectivity index (χ2v) is 9.71. The van der Waals surface area contributed by atoms with Crippen molar-refractivity contribution < 1.29 is 17.9 Å². The molecule has 0 radical (unpaired) electrons. The molecule has 1 aromatic rings. The van der Waals surface area contributed by atoms with Crippen LogP contribution in [0.5, 0.6) is 5.75 Å². The van der Waals surface area contributed by atoms with Crippen molar-refractivity contribution in [2.45, 2.75) is 50.7 Å². The monoisotopic (exact) mass is 380 g/mol. The number of nitrogens with zero attached hydrogens (tertiary/aromatic N) is 1. The Bertz CT molecular complexity index is 732. The van der Waals surface area contributed by atoms with Gasteiger partial charge in [-0.3, -0.25) is 4.79 Å². The van der Waals surface area contributed by atoms with Crippen molar-refractivity contribution in [3.8, 4) is 5.75 Å². The fourth-order valence-electron chi connectivity index (χ4n) is 4.03. The molecule has 0 bridgehead atoms. The van der Waals surface area contributed by atoms with E-state index in [0.29, 0.717) is 19.4 Å². The van der Waals surface area contributed by atoms with Crippen molar-refractivity contribution in [2.24, 2.45) is 11.7 Å². The van der Waals surface area contributed by atoms with Crippen LogP contribution >= 0.6 is 0 Å². The Balaban J connectivity index is 1.75. The summed E-state index contributed by atoms with van der Waals surface area (Å²) in [4.78, 5) is 14.8. The lowest BCUT2D eigenvalue weighted by Gasteiger charge is -2.30. The van der Waals surface area contributed by atoms with Gasteiger partial charge < -0.3 is 15.4 Å². The van der Waals surface area contributed by atoms with Gasteiger partial charge in [0, 0.05) is 25.0 Å². The number of methoxy groups -OCH3 is 1. The quantitative estimate of drug-likeness (QED) is 0.812. The highest BCUT2D eigenvalue weighted by atomic mass is 32.2. The van der Waals surface area contributed by atoms with Crippen molar-refractivity contribution in [3.05, 3.63) is 29.8 Å². The molecule has 1 saturated carbocycles. The first-order chi connectivity index (χ1) is 12.4. The number of sulfone groups is 1. The Kier molecular flexibility index (Phi) is 5.87. The molecule has 1 aromatic carbocycles. The van der Waals surface area contributed by atoms with Crippen LogP contribution in [0.1, 0.15) is 37.7 Å². The standard InChI is InChI=1S/C19H28N2O4S/c1-25-17-7-5-14(6-8-17)12-21(16-9-10-26(23,24)13-16)19(22)11-15-3-2-4-18(15)20/h5-8,15-16,18H,2-4,9-13,20H2,1H3/t15-,16?,18+/m0/s1. The third-order valence-corrected chi connectivity index (χ3v) is 7.39. The molecule has 7 heteroatoms. The van der Waals surface area contributed by atoms with Gasteiger partial charge in [-0.15, -0.1) is 0 Å². The number of hydrogen-bond acceptors (Lipinski definition) is 5. The Hall–Kier alpha value is -1.60. The predicted octanol–water partition coefficient (Wildman–Crippen LogP) is 1.73. The minimum absolute atomic E-state index is 0.0188. The van der Waals surface area contributed by atoms with Gasteiger partial charge in [-0.1, -0.05) is 18.6 Å². The van der Waals surface area contributed by atoms with Gasteiger partial charge in [-0.25, -0.2) is 8.42 Å². The summed E-state index contributed by atoms with van der Waals surface area (Å²) in [6.45, 7) is 0.422. The Morgan fingerprint density at radius 2 is 1.96 bits per heavy atom. The molecule has 144 valence electrons. The van der Waals surface area contributed by atoms with Crippen molar-refractivity contribution >= 4 is 15.7 Å². The first-order valence-corrected chi connectivity index (χ1v) is 11.1. The van der Waals surface area contributed by atoms with Gasteiger partial charge in [0.25, 0.3) is 0 Å². The van der Waals surface area contributed by atoms with Crippen LogP contribution in [0.15, 0.2) is 24.3 Å². The minimum atomic E-state index is -3.05. The van der Waals surface area contributed by atoms with Crippen LogP contribution in [0.25, 0.3) is 0 Å². The molecule has 0 aromatic heterocycles. The summed E-state index contributed by atoms with van der Waals surface area (Å²) < 4.78 is 29.0. The predicted molar refractivity (Wildman–Crippen MR) is 101 cm³/mol. The van der Waals surface area contributed by atoms with Crippen LogP contribution in [0.3, 0.4) is 0 Å². The summed E-state index contributed by atoms with van der Waals surface area (Å²) in [7, 11) is -1.44. The molecule has 2 aliphatic rings. The fraction of sp³-hybridized carbons (Fsp3) is 0.632. The number of benzene rings is 1. The summed E-state index contributed by atoms with van der Waals surface area (Å²) in [5.74, 6) is 1.20. The van der Waals surface area contributed by atoms with Crippen molar-refractivity contribution in [2.75, 3.05) is 18.6 Å². The van der Waals surface area contributed by atoms with E-state index in [9.17, 15) is 13.2 Å². The minimum Gasteiger partial charge on any atom is -0.497 e. The molecule has 1 saturated heterocycles. The fourth-order valence-corrected chi connectivity index (χ4v) is 5.76. The Labute approximate surface area is 155 Å². The van der Waals surface area contributed by atoms with Crippen LogP contribution in [-0.4, -0.2) is 49.9 Å². The third kappa shape index (κ3) is 4.57. The zero-order valence-corrected chi connectivity index (χ0v) is 16.1. The van der Waals surface area contributed by atoms with Crippen molar-refractivity contribution in [1.29, 1.82) is 0 Å². The van der Waals surface area contributed by atoms with E-state index in [1.54, 1.807) is 12.0 Å². The van der Waals surface area contributed by atoms with Gasteiger partial charge in [0.1, 0.15) is 5.75 Å². The molecule has 1 amide bonds. The molecule has 1 aliphatic carbocycles. The summed E-state index contributed by atoms with van der Waals surface area (Å²) in [5.41, 5.74) is 7.10. The lowest BCUT2D eigenvalue weighted by molar-refractivity contribution is -0.134. The Morgan fingerprint density at radius 3 is 2.50 bits per heavy atom. The van der Waals surface area contributed by atoms with Crippen LogP contribution in [-0.2, 0) is 21.2 Å². The SMILES string of the molecule is COc1ccc(CN(C(=O)C[C@@H]2CCC[C@H]2N)C2CCS(=O)(=O)C2)cc1. The number of amides is 1. The van der Waals surface area contributed by atoms with Gasteiger partial charge in [-0.2, -0.15) is 0 Å². The molecule has 26 heavy (non-hydrogen) atoms. The first-order valence-electron chi connectivity index (χ1n) is 9.26. The lowest BCUT2D eigenvalue weighted by atomic mass is 9.98. The largest absolute Gasteiger partial charge is 0.497 e. The zero-order valence-electron chi connectivity index (χ0n) is 15.3. The smallest absolute Gasteiger partial charge is 0.223 e. The first kappa shape index (κ1) is 19.2. The van der Waals surface area contributed by atoms with Crippen molar-refractivity contribution in [3.63, 3.8) is 0 Å². The molecule has 3 atom stereocenters. The van der Waals surface area contributed by atoms with Crippen LogP contribution in [0, 0.1) is 5.92 Å². The molecule has 2 fully saturated rings. The summed E-state index contributed by atoms with van der Waals surface area (Å²) in [6.07, 6.45) is 3.94. The molecule has 1 heterocycles. The maximum Gasteiger partial charge on any atom is 0.223 e. The average molecular weight is 381 g/mol. The lowest BCUT2D eigenvalue weighted by Crippen LogP contribution is -2.42. The van der Waals surface area contributed by atoms with E-state index in [2.05, 4.69) is 0 Å². The summed E-state index contributed by atoms with van der Waals surface area (Å²) in [6, 6.07) is 7.39. The highest BCUT2D eigenvalue weighted by Crippen LogP contribution is 2.29. The molecule has 0 spiro atoms. The number of carbonyl (C=O) groups excluding carboxylic acids is 1. The highest BCUT2D eigenvalue weighted by Gasteiger charge is 2.36. The third-order valence-electron chi connectivity index (χ3n) is 5.64. The second-order valence-electron chi connectivity index (χ2n) is 7.49. The van der Waals surface area contributed by atoms with E-state index in [0.717, 1.165) is 30.6 Å². The molecule has 1 aliphatic heterocycles. The molecule has 1 unspecified atom stereocenters. The van der Waals surface area contributed by atoms with E-state index < -0.39 is 9.84 Å². The molecular formula is C19H28N2O4S. The van der Waals surface area contributed by atoms with Gasteiger partial charge in [0.15, 0.2) is 9.84 Å². The number of hydrogen-bond donors (Lipinski definition) is 1. The summed E-state index contributed by atoms with van der Waals surface area (Å²) >= 11 is 0. The van der Waals surface area contributed by atoms with E-state index in [-0.39, 0.29) is 35.4 Å². The number of rotatable bonds is 6. The highest BCUT2D eigenvalue weighted by molar-refractivity contribution is 7.91. The van der Waals surface area contributed by atoms with Gasteiger partial charge in [-0.05, 0) is 42.9 Å². The normalized spacial score (nSPS) is 27.4. The van der Waals surface area contributed by atoms with Gasteiger partial charge >= 0.3 is 0 Å². The van der Waals surface area contributed by atoms with E-state index in [1.807, 2.05) is 24.3 Å². The number of nitrogens with two attached hydrogens (primary N) is 1. The maximum atomic E-state index is 13.0. The zero-order chi connectivity index (χ0) is 18.7. The number of carbonyl (C=O) groups is 1.